The van der Waals surface area contributed by atoms with E-state index in [-0.39, 0.29) is 5.91 Å². The molecule has 0 saturated heterocycles. The third-order valence-corrected chi connectivity index (χ3v) is 8.19. The van der Waals surface area contributed by atoms with Crippen molar-refractivity contribution >= 4 is 5.91 Å². The summed E-state index contributed by atoms with van der Waals surface area (Å²) < 4.78 is 0. The van der Waals surface area contributed by atoms with Crippen LogP contribution < -0.4 is 5.32 Å². The van der Waals surface area contributed by atoms with Gasteiger partial charge in [-0.05, 0) is 61.3 Å². The zero-order valence-corrected chi connectivity index (χ0v) is 24.6. The SMILES string of the molecule is C=C(C1CCC(NCc2ccc(C(=O)N(Cc3ncc[nH]3)Cc3ncc[nH]3)cc2)CC1)N(CCC)Cc1ccccc1. The van der Waals surface area contributed by atoms with Crippen LogP contribution in [0.1, 0.15) is 72.2 Å². The first-order valence-corrected chi connectivity index (χ1v) is 15.1. The fourth-order valence-corrected chi connectivity index (χ4v) is 5.83. The molecule has 0 spiro atoms. The van der Waals surface area contributed by atoms with Gasteiger partial charge < -0.3 is 25.1 Å². The third kappa shape index (κ3) is 7.97. The number of rotatable bonds is 14. The molecular formula is C34H43N7O. The predicted molar refractivity (Wildman–Crippen MR) is 166 cm³/mol. The van der Waals surface area contributed by atoms with Gasteiger partial charge in [0.2, 0.25) is 0 Å². The molecule has 5 rings (SSSR count). The number of aromatic nitrogens is 4. The summed E-state index contributed by atoms with van der Waals surface area (Å²) in [5.74, 6) is 1.98. The van der Waals surface area contributed by atoms with Crippen molar-refractivity contribution in [2.75, 3.05) is 6.54 Å². The summed E-state index contributed by atoms with van der Waals surface area (Å²) >= 11 is 0. The number of imidazole rings is 2. The van der Waals surface area contributed by atoms with Gasteiger partial charge in [0, 0.05) is 61.7 Å². The summed E-state index contributed by atoms with van der Waals surface area (Å²) in [5, 5.41) is 3.76. The van der Waals surface area contributed by atoms with Crippen LogP contribution in [0.25, 0.3) is 0 Å². The van der Waals surface area contributed by atoms with Gasteiger partial charge in [-0.3, -0.25) is 4.79 Å². The van der Waals surface area contributed by atoms with Crippen molar-refractivity contribution in [1.29, 1.82) is 0 Å². The zero-order valence-electron chi connectivity index (χ0n) is 24.6. The first-order chi connectivity index (χ1) is 20.6. The molecular weight excluding hydrogens is 522 g/mol. The summed E-state index contributed by atoms with van der Waals surface area (Å²) in [5.41, 5.74) is 4.48. The molecule has 4 aromatic rings. The van der Waals surface area contributed by atoms with Crippen LogP contribution in [0, 0.1) is 5.92 Å². The minimum atomic E-state index is -0.0507. The van der Waals surface area contributed by atoms with E-state index in [1.165, 1.54) is 29.7 Å². The lowest BCUT2D eigenvalue weighted by Gasteiger charge is -2.36. The molecule has 2 aromatic carbocycles. The van der Waals surface area contributed by atoms with Crippen LogP contribution in [0.5, 0.6) is 0 Å². The number of H-pyrrole nitrogens is 2. The summed E-state index contributed by atoms with van der Waals surface area (Å²) in [6.07, 6.45) is 12.7. The van der Waals surface area contributed by atoms with E-state index >= 15 is 0 Å². The van der Waals surface area contributed by atoms with Gasteiger partial charge in [0.25, 0.3) is 5.91 Å². The summed E-state index contributed by atoms with van der Waals surface area (Å²) in [7, 11) is 0. The zero-order chi connectivity index (χ0) is 29.1. The van der Waals surface area contributed by atoms with Crippen molar-refractivity contribution in [2.45, 2.75) is 71.2 Å². The second-order valence-electron chi connectivity index (χ2n) is 11.3. The quantitative estimate of drug-likeness (QED) is 0.173. The maximum Gasteiger partial charge on any atom is 0.254 e. The average molecular weight is 566 g/mol. The van der Waals surface area contributed by atoms with E-state index in [0.29, 0.717) is 30.6 Å². The normalized spacial score (nSPS) is 16.7. The number of hydrogen-bond donors (Lipinski definition) is 3. The first kappa shape index (κ1) is 29.3. The topological polar surface area (TPSA) is 92.9 Å². The molecule has 3 N–H and O–H groups in total. The maximum absolute atomic E-state index is 13.4. The number of aromatic amines is 2. The Labute approximate surface area is 249 Å². The lowest BCUT2D eigenvalue weighted by molar-refractivity contribution is 0.0721. The number of nitrogens with zero attached hydrogens (tertiary/aromatic N) is 4. The fourth-order valence-electron chi connectivity index (χ4n) is 5.83. The van der Waals surface area contributed by atoms with Crippen LogP contribution in [0.4, 0.5) is 0 Å². The molecule has 8 heteroatoms. The van der Waals surface area contributed by atoms with Gasteiger partial charge in [0.1, 0.15) is 11.6 Å². The van der Waals surface area contributed by atoms with E-state index in [9.17, 15) is 4.79 Å². The minimum Gasteiger partial charge on any atom is -0.371 e. The van der Waals surface area contributed by atoms with E-state index in [1.807, 2.05) is 12.1 Å². The van der Waals surface area contributed by atoms with Gasteiger partial charge in [-0.1, -0.05) is 56.0 Å². The van der Waals surface area contributed by atoms with E-state index in [1.54, 1.807) is 29.7 Å². The number of allylic oxidation sites excluding steroid dienone is 1. The largest absolute Gasteiger partial charge is 0.371 e. The number of amides is 1. The molecule has 0 aliphatic heterocycles. The molecule has 0 atom stereocenters. The molecule has 0 bridgehead atoms. The Balaban J connectivity index is 1.11. The molecule has 8 nitrogen and oxygen atoms in total. The molecule has 42 heavy (non-hydrogen) atoms. The van der Waals surface area contributed by atoms with Gasteiger partial charge in [-0.2, -0.15) is 0 Å². The van der Waals surface area contributed by atoms with E-state index in [0.717, 1.165) is 50.5 Å². The van der Waals surface area contributed by atoms with Gasteiger partial charge in [0.05, 0.1) is 13.1 Å². The van der Waals surface area contributed by atoms with Crippen LogP contribution in [-0.2, 0) is 26.2 Å². The Morgan fingerprint density at radius 3 is 2.07 bits per heavy atom. The first-order valence-electron chi connectivity index (χ1n) is 15.1. The van der Waals surface area contributed by atoms with Crippen molar-refractivity contribution in [3.8, 4) is 0 Å². The van der Waals surface area contributed by atoms with E-state index < -0.39 is 0 Å². The smallest absolute Gasteiger partial charge is 0.254 e. The Kier molecular flexibility index (Phi) is 10.2. The van der Waals surface area contributed by atoms with Crippen molar-refractivity contribution in [2.24, 2.45) is 5.92 Å². The Hall–Kier alpha value is -4.17. The predicted octanol–water partition coefficient (Wildman–Crippen LogP) is 6.05. The monoisotopic (exact) mass is 565 g/mol. The molecule has 1 fully saturated rings. The lowest BCUT2D eigenvalue weighted by atomic mass is 9.83. The van der Waals surface area contributed by atoms with Crippen LogP contribution in [0.3, 0.4) is 0 Å². The fraction of sp³-hybridized carbons (Fsp3) is 0.382. The Morgan fingerprint density at radius 1 is 0.857 bits per heavy atom. The second kappa shape index (κ2) is 14.6. The molecule has 2 aromatic heterocycles. The second-order valence-corrected chi connectivity index (χ2v) is 11.3. The standard InChI is InChI=1S/C34H43N7O/c1-3-21-40(23-28-7-5-4-6-8-28)26(2)29-13-15-31(16-14-29)39-22-27-9-11-30(12-10-27)34(42)41(24-32-35-17-18-36-32)25-33-37-19-20-38-33/h4-12,17-20,29,31,39H,2-3,13-16,21-25H2,1H3,(H,35,36)(H,37,38). The van der Waals surface area contributed by atoms with Crippen LogP contribution in [0.2, 0.25) is 0 Å². The van der Waals surface area contributed by atoms with Gasteiger partial charge >= 0.3 is 0 Å². The van der Waals surface area contributed by atoms with E-state index in [2.05, 4.69) is 86.1 Å². The van der Waals surface area contributed by atoms with Crippen molar-refractivity contribution in [3.63, 3.8) is 0 Å². The minimum absolute atomic E-state index is 0.0507. The van der Waals surface area contributed by atoms with Crippen molar-refractivity contribution in [3.05, 3.63) is 120 Å². The third-order valence-electron chi connectivity index (χ3n) is 8.19. The highest BCUT2D eigenvalue weighted by Gasteiger charge is 2.25. The molecule has 2 heterocycles. The van der Waals surface area contributed by atoms with Crippen molar-refractivity contribution < 1.29 is 4.79 Å². The van der Waals surface area contributed by atoms with Crippen LogP contribution >= 0.6 is 0 Å². The molecule has 1 aliphatic carbocycles. The van der Waals surface area contributed by atoms with E-state index in [4.69, 9.17) is 0 Å². The van der Waals surface area contributed by atoms with Gasteiger partial charge in [0.15, 0.2) is 0 Å². The summed E-state index contributed by atoms with van der Waals surface area (Å²) in [4.78, 5) is 32.4. The maximum atomic E-state index is 13.4. The number of carbonyl (C=O) groups is 1. The molecule has 1 aliphatic rings. The highest BCUT2D eigenvalue weighted by molar-refractivity contribution is 5.94. The average Bonchev–Trinajstić information content (AvgIpc) is 3.75. The Bertz CT molecular complexity index is 1320. The number of benzene rings is 2. The number of nitrogens with one attached hydrogen (secondary N) is 3. The lowest BCUT2D eigenvalue weighted by Crippen LogP contribution is -2.35. The molecule has 220 valence electrons. The van der Waals surface area contributed by atoms with Crippen LogP contribution in [0.15, 0.2) is 91.7 Å². The Morgan fingerprint density at radius 2 is 1.50 bits per heavy atom. The number of carbonyl (C=O) groups excluding carboxylic acids is 1. The van der Waals surface area contributed by atoms with Crippen LogP contribution in [-0.4, -0.2) is 48.2 Å². The summed E-state index contributed by atoms with van der Waals surface area (Å²) in [6, 6.07) is 19.2. The molecule has 1 saturated carbocycles. The number of hydrogen-bond acceptors (Lipinski definition) is 5. The summed E-state index contributed by atoms with van der Waals surface area (Å²) in [6.45, 7) is 10.3. The molecule has 0 unspecified atom stereocenters. The van der Waals surface area contributed by atoms with Crippen molar-refractivity contribution in [1.82, 2.24) is 35.1 Å². The van der Waals surface area contributed by atoms with Gasteiger partial charge in [-0.25, -0.2) is 9.97 Å². The molecule has 0 radical (unpaired) electrons. The van der Waals surface area contributed by atoms with Gasteiger partial charge in [-0.15, -0.1) is 0 Å². The highest BCUT2D eigenvalue weighted by Crippen LogP contribution is 2.32. The highest BCUT2D eigenvalue weighted by atomic mass is 16.2. The molecule has 1 amide bonds.